The average Bonchev–Trinajstić information content (AvgIpc) is 2.68. The molecule has 6 nitrogen and oxygen atoms in total. The first kappa shape index (κ1) is 11.1. The summed E-state index contributed by atoms with van der Waals surface area (Å²) in [5, 5.41) is 22.0. The molecule has 1 aliphatic rings. The summed E-state index contributed by atoms with van der Waals surface area (Å²) in [5.74, 6) is -0.157. The first-order valence-corrected chi connectivity index (χ1v) is 5.49. The highest BCUT2D eigenvalue weighted by atomic mass is 16.4. The Labute approximate surface area is 92.9 Å². The van der Waals surface area contributed by atoms with E-state index in [9.17, 15) is 4.79 Å². The number of aliphatic carboxylic acids is 1. The zero-order chi connectivity index (χ0) is 11.5. The quantitative estimate of drug-likeness (QED) is 0.762. The van der Waals surface area contributed by atoms with E-state index in [4.69, 9.17) is 10.2 Å². The molecule has 1 atom stereocenters. The summed E-state index contributed by atoms with van der Waals surface area (Å²) < 4.78 is 1.69. The average molecular weight is 225 g/mol. The molecule has 0 bridgehead atoms. The van der Waals surface area contributed by atoms with Crippen molar-refractivity contribution in [2.24, 2.45) is 0 Å². The van der Waals surface area contributed by atoms with E-state index in [1.807, 2.05) is 0 Å². The fraction of sp³-hybridized carbons (Fsp3) is 0.700. The van der Waals surface area contributed by atoms with Crippen molar-refractivity contribution in [1.82, 2.24) is 14.8 Å². The van der Waals surface area contributed by atoms with E-state index in [-0.39, 0.29) is 6.61 Å². The number of aryl methyl sites for hydroxylation is 2. The minimum Gasteiger partial charge on any atom is -0.481 e. The van der Waals surface area contributed by atoms with E-state index < -0.39 is 11.9 Å². The Bertz CT molecular complexity index is 389. The largest absolute Gasteiger partial charge is 0.481 e. The Morgan fingerprint density at radius 2 is 2.38 bits per heavy atom. The first-order chi connectivity index (χ1) is 7.72. The van der Waals surface area contributed by atoms with E-state index in [1.54, 1.807) is 4.68 Å². The second-order valence-electron chi connectivity index (χ2n) is 3.97. The number of aliphatic hydroxyl groups is 1. The number of hydrogen-bond donors (Lipinski definition) is 2. The Morgan fingerprint density at radius 1 is 1.56 bits per heavy atom. The topological polar surface area (TPSA) is 88.2 Å². The second-order valence-corrected chi connectivity index (χ2v) is 3.97. The van der Waals surface area contributed by atoms with Crippen molar-refractivity contribution >= 4 is 5.97 Å². The lowest BCUT2D eigenvalue weighted by Crippen LogP contribution is -2.22. The van der Waals surface area contributed by atoms with Gasteiger partial charge in [-0.2, -0.15) is 5.10 Å². The molecule has 2 N–H and O–H groups in total. The van der Waals surface area contributed by atoms with Gasteiger partial charge >= 0.3 is 5.97 Å². The van der Waals surface area contributed by atoms with Crippen LogP contribution in [0, 0.1) is 0 Å². The molecular formula is C10H15N3O3. The summed E-state index contributed by atoms with van der Waals surface area (Å²) in [4.78, 5) is 15.3. The van der Waals surface area contributed by atoms with Gasteiger partial charge in [0, 0.05) is 19.6 Å². The van der Waals surface area contributed by atoms with E-state index in [2.05, 4.69) is 10.1 Å². The normalized spacial score (nSPS) is 19.4. The Hall–Kier alpha value is -1.43. The molecule has 0 saturated heterocycles. The van der Waals surface area contributed by atoms with Crippen molar-refractivity contribution in [3.63, 3.8) is 0 Å². The van der Waals surface area contributed by atoms with E-state index in [0.717, 1.165) is 13.0 Å². The summed E-state index contributed by atoms with van der Waals surface area (Å²) in [7, 11) is 0. The lowest BCUT2D eigenvalue weighted by molar-refractivity contribution is -0.139. The van der Waals surface area contributed by atoms with Crippen LogP contribution in [0.5, 0.6) is 0 Å². The summed E-state index contributed by atoms with van der Waals surface area (Å²) in [6.07, 6.45) is 2.67. The van der Waals surface area contributed by atoms with Crippen molar-refractivity contribution in [2.75, 3.05) is 6.61 Å². The molecule has 1 aliphatic heterocycles. The summed E-state index contributed by atoms with van der Waals surface area (Å²) in [6, 6.07) is 0. The molecular weight excluding hydrogens is 210 g/mol. The number of carbonyl (C=O) groups is 1. The molecule has 0 saturated carbocycles. The predicted molar refractivity (Wildman–Crippen MR) is 55.0 cm³/mol. The molecule has 6 heteroatoms. The van der Waals surface area contributed by atoms with Crippen molar-refractivity contribution in [1.29, 1.82) is 0 Å². The minimum absolute atomic E-state index is 0.103. The molecule has 0 fully saturated rings. The Morgan fingerprint density at radius 3 is 3.06 bits per heavy atom. The van der Waals surface area contributed by atoms with Gasteiger partial charge in [-0.25, -0.2) is 9.67 Å². The second kappa shape index (κ2) is 4.61. The SMILES string of the molecule is O=C(O)C1CCCn2nc(CCCO)nc21. The monoisotopic (exact) mass is 225 g/mol. The lowest BCUT2D eigenvalue weighted by Gasteiger charge is -2.17. The van der Waals surface area contributed by atoms with Gasteiger partial charge < -0.3 is 10.2 Å². The van der Waals surface area contributed by atoms with Gasteiger partial charge in [0.1, 0.15) is 11.7 Å². The maximum atomic E-state index is 11.0. The third kappa shape index (κ3) is 2.06. The van der Waals surface area contributed by atoms with Crippen LogP contribution in [-0.2, 0) is 17.8 Å². The molecule has 0 aliphatic carbocycles. The van der Waals surface area contributed by atoms with Gasteiger partial charge in [0.05, 0.1) is 0 Å². The fourth-order valence-corrected chi connectivity index (χ4v) is 1.98. The van der Waals surface area contributed by atoms with E-state index in [0.29, 0.717) is 30.9 Å². The third-order valence-electron chi connectivity index (χ3n) is 2.78. The summed E-state index contributed by atoms with van der Waals surface area (Å²) >= 11 is 0. The minimum atomic E-state index is -0.831. The highest BCUT2D eigenvalue weighted by Crippen LogP contribution is 2.25. The van der Waals surface area contributed by atoms with Crippen LogP contribution < -0.4 is 0 Å². The van der Waals surface area contributed by atoms with Crippen molar-refractivity contribution in [3.8, 4) is 0 Å². The number of carboxylic acids is 1. The van der Waals surface area contributed by atoms with Crippen LogP contribution in [0.3, 0.4) is 0 Å². The van der Waals surface area contributed by atoms with Crippen LogP contribution in [0.4, 0.5) is 0 Å². The molecule has 1 unspecified atom stereocenters. The van der Waals surface area contributed by atoms with Gasteiger partial charge in [0.25, 0.3) is 0 Å². The maximum absolute atomic E-state index is 11.0. The summed E-state index contributed by atoms with van der Waals surface area (Å²) in [6.45, 7) is 0.845. The molecule has 16 heavy (non-hydrogen) atoms. The highest BCUT2D eigenvalue weighted by Gasteiger charge is 2.29. The molecule has 0 amide bonds. The Balaban J connectivity index is 2.20. The van der Waals surface area contributed by atoms with Crippen LogP contribution in [0.15, 0.2) is 0 Å². The predicted octanol–water partition coefficient (Wildman–Crippen LogP) is 0.165. The first-order valence-electron chi connectivity index (χ1n) is 5.49. The van der Waals surface area contributed by atoms with Crippen LogP contribution in [-0.4, -0.2) is 37.6 Å². The number of aliphatic hydroxyl groups excluding tert-OH is 1. The highest BCUT2D eigenvalue weighted by molar-refractivity contribution is 5.75. The molecule has 0 spiro atoms. The maximum Gasteiger partial charge on any atom is 0.314 e. The van der Waals surface area contributed by atoms with Crippen molar-refractivity contribution in [3.05, 3.63) is 11.6 Å². The smallest absolute Gasteiger partial charge is 0.314 e. The molecule has 1 aromatic rings. The van der Waals surface area contributed by atoms with Gasteiger partial charge in [0.15, 0.2) is 5.82 Å². The lowest BCUT2D eigenvalue weighted by atomic mass is 10.00. The van der Waals surface area contributed by atoms with Crippen LogP contribution in [0.1, 0.15) is 36.8 Å². The molecule has 88 valence electrons. The van der Waals surface area contributed by atoms with Gasteiger partial charge in [0.2, 0.25) is 0 Å². The summed E-state index contributed by atoms with van der Waals surface area (Å²) in [5.41, 5.74) is 0. The number of aromatic nitrogens is 3. The van der Waals surface area contributed by atoms with Gasteiger partial charge in [-0.1, -0.05) is 0 Å². The van der Waals surface area contributed by atoms with Crippen LogP contribution in [0.25, 0.3) is 0 Å². The number of fused-ring (bicyclic) bond motifs is 1. The van der Waals surface area contributed by atoms with E-state index >= 15 is 0 Å². The van der Waals surface area contributed by atoms with Gasteiger partial charge in [-0.05, 0) is 19.3 Å². The number of nitrogens with zero attached hydrogens (tertiary/aromatic N) is 3. The molecule has 2 heterocycles. The molecule has 0 radical (unpaired) electrons. The van der Waals surface area contributed by atoms with Crippen LogP contribution >= 0.6 is 0 Å². The molecule has 2 rings (SSSR count). The standard InChI is InChI=1S/C10H15N3O3/c14-6-2-4-8-11-9-7(10(15)16)3-1-5-13(9)12-8/h7,14H,1-6H2,(H,15,16). The zero-order valence-electron chi connectivity index (χ0n) is 8.96. The third-order valence-corrected chi connectivity index (χ3v) is 2.78. The number of rotatable bonds is 4. The number of hydrogen-bond acceptors (Lipinski definition) is 4. The van der Waals surface area contributed by atoms with E-state index in [1.165, 1.54) is 0 Å². The Kier molecular flexibility index (Phi) is 3.19. The zero-order valence-corrected chi connectivity index (χ0v) is 8.96. The molecule has 0 aromatic carbocycles. The van der Waals surface area contributed by atoms with Gasteiger partial charge in [-0.15, -0.1) is 0 Å². The number of carboxylic acid groups (broad SMARTS) is 1. The van der Waals surface area contributed by atoms with Gasteiger partial charge in [-0.3, -0.25) is 4.79 Å². The molecule has 1 aromatic heterocycles. The van der Waals surface area contributed by atoms with Crippen LogP contribution in [0.2, 0.25) is 0 Å². The fourth-order valence-electron chi connectivity index (χ4n) is 1.98. The van der Waals surface area contributed by atoms with Crippen molar-refractivity contribution in [2.45, 2.75) is 38.1 Å². The van der Waals surface area contributed by atoms with Crippen molar-refractivity contribution < 1.29 is 15.0 Å².